The summed E-state index contributed by atoms with van der Waals surface area (Å²) < 4.78 is 10.3. The van der Waals surface area contributed by atoms with Crippen LogP contribution in [0.1, 0.15) is 21.7 Å². The molecule has 0 bridgehead atoms. The maximum atomic E-state index is 12.0. The van der Waals surface area contributed by atoms with E-state index in [2.05, 4.69) is 20.5 Å². The van der Waals surface area contributed by atoms with Gasteiger partial charge in [0.1, 0.15) is 5.75 Å². The van der Waals surface area contributed by atoms with Crippen molar-refractivity contribution in [3.63, 3.8) is 0 Å². The first kappa shape index (κ1) is 21.0. The molecule has 0 spiro atoms. The number of anilines is 1. The van der Waals surface area contributed by atoms with Crippen LogP contribution in [0, 0.1) is 0 Å². The molecular weight excluding hydrogens is 380 g/mol. The van der Waals surface area contributed by atoms with E-state index in [0.717, 1.165) is 29.4 Å². The predicted molar refractivity (Wildman–Crippen MR) is 118 cm³/mol. The number of furan rings is 1. The van der Waals surface area contributed by atoms with Gasteiger partial charge in [-0.05, 0) is 47.5 Å². The molecule has 3 aromatic rings. The van der Waals surface area contributed by atoms with E-state index in [1.54, 1.807) is 26.3 Å². The van der Waals surface area contributed by atoms with Crippen molar-refractivity contribution in [2.75, 3.05) is 26.5 Å². The van der Waals surface area contributed by atoms with Crippen molar-refractivity contribution in [3.05, 3.63) is 83.8 Å². The quantitative estimate of drug-likeness (QED) is 0.462. The molecule has 0 fully saturated rings. The van der Waals surface area contributed by atoms with Crippen LogP contribution >= 0.6 is 0 Å². The van der Waals surface area contributed by atoms with Crippen LogP contribution in [0.25, 0.3) is 0 Å². The highest BCUT2D eigenvalue weighted by atomic mass is 16.5. The number of amides is 1. The van der Waals surface area contributed by atoms with Crippen molar-refractivity contribution >= 4 is 17.6 Å². The van der Waals surface area contributed by atoms with Crippen molar-refractivity contribution in [3.8, 4) is 5.75 Å². The Morgan fingerprint density at radius 1 is 1.07 bits per heavy atom. The maximum Gasteiger partial charge on any atom is 0.291 e. The standard InChI is InChI=1S/C23H26N4O3/c1-24-23(27(2)16-18-8-12-20(29-3)13-9-18)25-15-17-6-10-19(11-7-17)26-22(28)21-5-4-14-30-21/h4-14H,15-16H2,1-3H3,(H,24,25)(H,26,28). The lowest BCUT2D eigenvalue weighted by Crippen LogP contribution is -2.38. The molecule has 0 aliphatic heterocycles. The molecule has 0 unspecified atom stereocenters. The van der Waals surface area contributed by atoms with Crippen LogP contribution in [0.4, 0.5) is 5.69 Å². The van der Waals surface area contributed by atoms with E-state index in [1.165, 1.54) is 6.26 Å². The van der Waals surface area contributed by atoms with Gasteiger partial charge in [0.15, 0.2) is 11.7 Å². The van der Waals surface area contributed by atoms with Gasteiger partial charge in [0.25, 0.3) is 5.91 Å². The summed E-state index contributed by atoms with van der Waals surface area (Å²) in [5, 5.41) is 6.17. The highest BCUT2D eigenvalue weighted by molar-refractivity contribution is 6.02. The third kappa shape index (κ3) is 5.64. The molecule has 7 nitrogen and oxygen atoms in total. The topological polar surface area (TPSA) is 79.1 Å². The zero-order valence-corrected chi connectivity index (χ0v) is 17.4. The van der Waals surface area contributed by atoms with Crippen molar-refractivity contribution in [2.24, 2.45) is 4.99 Å². The molecule has 2 aromatic carbocycles. The van der Waals surface area contributed by atoms with Crippen LogP contribution in [0.3, 0.4) is 0 Å². The third-order valence-electron chi connectivity index (χ3n) is 4.56. The molecule has 3 rings (SSSR count). The van der Waals surface area contributed by atoms with E-state index in [9.17, 15) is 4.79 Å². The number of aliphatic imine (C=N–C) groups is 1. The molecule has 0 radical (unpaired) electrons. The summed E-state index contributed by atoms with van der Waals surface area (Å²) in [6, 6.07) is 18.9. The van der Waals surface area contributed by atoms with Gasteiger partial charge >= 0.3 is 0 Å². The minimum Gasteiger partial charge on any atom is -0.497 e. The summed E-state index contributed by atoms with van der Waals surface area (Å²) >= 11 is 0. The molecule has 2 N–H and O–H groups in total. The molecule has 1 amide bonds. The van der Waals surface area contributed by atoms with Crippen molar-refractivity contribution in [1.29, 1.82) is 0 Å². The molecule has 1 aromatic heterocycles. The SMILES string of the molecule is CN=C(NCc1ccc(NC(=O)c2ccco2)cc1)N(C)Cc1ccc(OC)cc1. The van der Waals surface area contributed by atoms with Crippen LogP contribution in [0.2, 0.25) is 0 Å². The van der Waals surface area contributed by atoms with Gasteiger partial charge in [-0.1, -0.05) is 24.3 Å². The zero-order chi connectivity index (χ0) is 21.3. The molecule has 1 heterocycles. The van der Waals surface area contributed by atoms with E-state index in [0.29, 0.717) is 12.2 Å². The zero-order valence-electron chi connectivity index (χ0n) is 17.4. The number of guanidine groups is 1. The van der Waals surface area contributed by atoms with Crippen LogP contribution in [-0.4, -0.2) is 38.0 Å². The number of hydrogen-bond acceptors (Lipinski definition) is 4. The number of rotatable bonds is 7. The lowest BCUT2D eigenvalue weighted by atomic mass is 10.2. The first-order chi connectivity index (χ1) is 14.6. The molecular formula is C23H26N4O3. The number of methoxy groups -OCH3 is 1. The molecule has 0 aliphatic carbocycles. The van der Waals surface area contributed by atoms with E-state index >= 15 is 0 Å². The summed E-state index contributed by atoms with van der Waals surface area (Å²) in [6.45, 7) is 1.34. The average molecular weight is 406 g/mol. The van der Waals surface area contributed by atoms with E-state index in [1.807, 2.05) is 55.6 Å². The average Bonchev–Trinajstić information content (AvgIpc) is 3.31. The van der Waals surface area contributed by atoms with Crippen molar-refractivity contribution < 1.29 is 13.9 Å². The molecule has 0 atom stereocenters. The lowest BCUT2D eigenvalue weighted by Gasteiger charge is -2.22. The summed E-state index contributed by atoms with van der Waals surface area (Å²) in [6.07, 6.45) is 1.47. The number of benzene rings is 2. The maximum absolute atomic E-state index is 12.0. The van der Waals surface area contributed by atoms with Gasteiger partial charge in [-0.15, -0.1) is 0 Å². The van der Waals surface area contributed by atoms with Gasteiger partial charge in [0.05, 0.1) is 13.4 Å². The first-order valence-electron chi connectivity index (χ1n) is 9.57. The largest absolute Gasteiger partial charge is 0.497 e. The Labute approximate surface area is 176 Å². The number of nitrogens with one attached hydrogen (secondary N) is 2. The minimum absolute atomic E-state index is 0.272. The highest BCUT2D eigenvalue weighted by Gasteiger charge is 2.09. The van der Waals surface area contributed by atoms with Crippen LogP contribution in [0.15, 0.2) is 76.3 Å². The van der Waals surface area contributed by atoms with E-state index in [4.69, 9.17) is 9.15 Å². The molecule has 0 aliphatic rings. The van der Waals surface area contributed by atoms with Crippen LogP contribution in [-0.2, 0) is 13.1 Å². The molecule has 30 heavy (non-hydrogen) atoms. The molecule has 0 saturated carbocycles. The number of carbonyl (C=O) groups is 1. The normalized spacial score (nSPS) is 11.1. The second-order valence-electron chi connectivity index (χ2n) is 6.73. The Hall–Kier alpha value is -3.74. The van der Waals surface area contributed by atoms with Gasteiger partial charge in [-0.25, -0.2) is 0 Å². The lowest BCUT2D eigenvalue weighted by molar-refractivity contribution is 0.0996. The monoisotopic (exact) mass is 406 g/mol. The van der Waals surface area contributed by atoms with Gasteiger partial charge in [-0.2, -0.15) is 0 Å². The Kier molecular flexibility index (Phi) is 7.10. The van der Waals surface area contributed by atoms with E-state index in [-0.39, 0.29) is 11.7 Å². The summed E-state index contributed by atoms with van der Waals surface area (Å²) in [5.74, 6) is 1.64. The van der Waals surface area contributed by atoms with Gasteiger partial charge in [-0.3, -0.25) is 9.79 Å². The number of carbonyl (C=O) groups excluding carboxylic acids is 1. The highest BCUT2D eigenvalue weighted by Crippen LogP contribution is 2.14. The number of hydrogen-bond donors (Lipinski definition) is 2. The van der Waals surface area contributed by atoms with Crippen LogP contribution in [0.5, 0.6) is 5.75 Å². The predicted octanol–water partition coefficient (Wildman–Crippen LogP) is 3.75. The Bertz CT molecular complexity index is 965. The third-order valence-corrected chi connectivity index (χ3v) is 4.56. The first-order valence-corrected chi connectivity index (χ1v) is 9.57. The second-order valence-corrected chi connectivity index (χ2v) is 6.73. The number of nitrogens with zero attached hydrogens (tertiary/aromatic N) is 2. The second kappa shape index (κ2) is 10.2. The Morgan fingerprint density at radius 2 is 1.77 bits per heavy atom. The minimum atomic E-state index is -0.272. The Morgan fingerprint density at radius 3 is 2.37 bits per heavy atom. The smallest absolute Gasteiger partial charge is 0.291 e. The molecule has 0 saturated heterocycles. The Balaban J connectivity index is 1.52. The molecule has 7 heteroatoms. The fourth-order valence-electron chi connectivity index (χ4n) is 2.95. The summed E-state index contributed by atoms with van der Waals surface area (Å²) in [4.78, 5) is 18.4. The molecule has 156 valence electrons. The number of ether oxygens (including phenoxy) is 1. The van der Waals surface area contributed by atoms with Crippen molar-refractivity contribution in [2.45, 2.75) is 13.1 Å². The van der Waals surface area contributed by atoms with E-state index < -0.39 is 0 Å². The summed E-state index contributed by atoms with van der Waals surface area (Å²) in [5.41, 5.74) is 2.95. The fraction of sp³-hybridized carbons (Fsp3) is 0.217. The van der Waals surface area contributed by atoms with Gasteiger partial charge in [0.2, 0.25) is 0 Å². The van der Waals surface area contributed by atoms with Gasteiger partial charge in [0, 0.05) is 32.9 Å². The summed E-state index contributed by atoms with van der Waals surface area (Å²) in [7, 11) is 5.42. The fourth-order valence-corrected chi connectivity index (χ4v) is 2.95. The van der Waals surface area contributed by atoms with Crippen molar-refractivity contribution in [1.82, 2.24) is 10.2 Å². The van der Waals surface area contributed by atoms with Crippen LogP contribution < -0.4 is 15.4 Å². The van der Waals surface area contributed by atoms with Gasteiger partial charge < -0.3 is 24.7 Å².